The average molecular weight is 363 g/mol. The second kappa shape index (κ2) is 9.31. The number of rotatable bonds is 7. The lowest BCUT2D eigenvalue weighted by molar-refractivity contribution is -0.124. The zero-order valence-electron chi connectivity index (χ0n) is 15.0. The predicted molar refractivity (Wildman–Crippen MR) is 95.6 cm³/mol. The van der Waals surface area contributed by atoms with Gasteiger partial charge in [-0.1, -0.05) is 6.92 Å². The van der Waals surface area contributed by atoms with Crippen molar-refractivity contribution in [2.75, 3.05) is 0 Å². The van der Waals surface area contributed by atoms with Gasteiger partial charge in [0.2, 0.25) is 11.8 Å². The highest BCUT2D eigenvalue weighted by atomic mass is 19.1. The number of hydrogen-bond acceptors (Lipinski definition) is 3. The van der Waals surface area contributed by atoms with Crippen LogP contribution in [0.25, 0.3) is 0 Å². The van der Waals surface area contributed by atoms with Crippen LogP contribution in [-0.4, -0.2) is 29.8 Å². The molecule has 0 spiro atoms. The summed E-state index contributed by atoms with van der Waals surface area (Å²) >= 11 is 0. The molecule has 0 bridgehead atoms. The fraction of sp³-hybridized carbons (Fsp3) is 0.526. The molecule has 1 aromatic carbocycles. The fourth-order valence-corrected chi connectivity index (χ4v) is 3.10. The lowest BCUT2D eigenvalue weighted by atomic mass is 9.87. The summed E-state index contributed by atoms with van der Waals surface area (Å²) in [6.45, 7) is 2.19. The third-order valence-corrected chi connectivity index (χ3v) is 4.77. The van der Waals surface area contributed by atoms with Crippen LogP contribution in [0.5, 0.6) is 0 Å². The van der Waals surface area contributed by atoms with Gasteiger partial charge in [-0.05, 0) is 62.3 Å². The van der Waals surface area contributed by atoms with Gasteiger partial charge in [0.05, 0.1) is 0 Å². The van der Waals surface area contributed by atoms with Crippen LogP contribution in [0.2, 0.25) is 0 Å². The molecule has 0 radical (unpaired) electrons. The van der Waals surface area contributed by atoms with E-state index in [1.807, 2.05) is 0 Å². The van der Waals surface area contributed by atoms with Crippen molar-refractivity contribution in [1.82, 2.24) is 10.6 Å². The molecule has 1 saturated carbocycles. The summed E-state index contributed by atoms with van der Waals surface area (Å²) in [6, 6.07) is 4.26. The minimum absolute atomic E-state index is 0.0104. The molecule has 6 nitrogen and oxygen atoms in total. The smallest absolute Gasteiger partial charge is 0.251 e. The van der Waals surface area contributed by atoms with Gasteiger partial charge in [-0.15, -0.1) is 0 Å². The number of primary amides is 1. The van der Waals surface area contributed by atoms with E-state index < -0.39 is 23.7 Å². The molecular formula is C19H26FN3O3. The van der Waals surface area contributed by atoms with E-state index in [-0.39, 0.29) is 30.4 Å². The van der Waals surface area contributed by atoms with Gasteiger partial charge in [0.25, 0.3) is 5.91 Å². The van der Waals surface area contributed by atoms with E-state index in [1.54, 1.807) is 0 Å². The fourth-order valence-electron chi connectivity index (χ4n) is 3.10. The Morgan fingerprint density at radius 2 is 1.77 bits per heavy atom. The summed E-state index contributed by atoms with van der Waals surface area (Å²) < 4.78 is 13.0. The minimum atomic E-state index is -0.862. The van der Waals surface area contributed by atoms with Crippen molar-refractivity contribution in [3.63, 3.8) is 0 Å². The first-order valence-electron chi connectivity index (χ1n) is 9.00. The Morgan fingerprint density at radius 1 is 1.15 bits per heavy atom. The van der Waals surface area contributed by atoms with Gasteiger partial charge in [0.15, 0.2) is 0 Å². The molecule has 3 amide bonds. The minimum Gasteiger partial charge on any atom is -0.370 e. The third kappa shape index (κ3) is 6.13. The van der Waals surface area contributed by atoms with Crippen molar-refractivity contribution in [1.29, 1.82) is 0 Å². The SMILES string of the molecule is CC1CCC(NC(=O)C(CCC(N)=O)NC(=O)c2ccc(F)cc2)CC1. The van der Waals surface area contributed by atoms with E-state index in [0.717, 1.165) is 25.7 Å². The summed E-state index contributed by atoms with van der Waals surface area (Å²) in [5.41, 5.74) is 5.42. The molecule has 4 N–H and O–H groups in total. The highest BCUT2D eigenvalue weighted by molar-refractivity contribution is 5.97. The van der Waals surface area contributed by atoms with Crippen LogP contribution in [0.15, 0.2) is 24.3 Å². The molecule has 1 aliphatic rings. The van der Waals surface area contributed by atoms with E-state index in [0.29, 0.717) is 5.92 Å². The zero-order valence-corrected chi connectivity index (χ0v) is 15.0. The Labute approximate surface area is 152 Å². The topological polar surface area (TPSA) is 101 Å². The van der Waals surface area contributed by atoms with Crippen LogP contribution >= 0.6 is 0 Å². The summed E-state index contributed by atoms with van der Waals surface area (Å²) in [7, 11) is 0. The van der Waals surface area contributed by atoms with E-state index in [4.69, 9.17) is 5.73 Å². The Morgan fingerprint density at radius 3 is 2.35 bits per heavy atom. The average Bonchev–Trinajstić information content (AvgIpc) is 2.60. The van der Waals surface area contributed by atoms with Crippen LogP contribution in [0.1, 0.15) is 55.8 Å². The molecule has 1 atom stereocenters. The molecule has 26 heavy (non-hydrogen) atoms. The summed E-state index contributed by atoms with van der Waals surface area (Å²) in [5, 5.41) is 5.59. The van der Waals surface area contributed by atoms with Gasteiger partial charge >= 0.3 is 0 Å². The summed E-state index contributed by atoms with van der Waals surface area (Å²) in [6.07, 6.45) is 4.03. The van der Waals surface area contributed by atoms with Crippen molar-refractivity contribution >= 4 is 17.7 Å². The molecule has 1 aromatic rings. The van der Waals surface area contributed by atoms with E-state index >= 15 is 0 Å². The molecule has 0 heterocycles. The molecule has 142 valence electrons. The lowest BCUT2D eigenvalue weighted by Crippen LogP contribution is -2.50. The highest BCUT2D eigenvalue weighted by Crippen LogP contribution is 2.23. The highest BCUT2D eigenvalue weighted by Gasteiger charge is 2.26. The number of amides is 3. The van der Waals surface area contributed by atoms with E-state index in [1.165, 1.54) is 24.3 Å². The number of carbonyl (C=O) groups is 3. The van der Waals surface area contributed by atoms with Gasteiger partial charge in [-0.25, -0.2) is 4.39 Å². The van der Waals surface area contributed by atoms with E-state index in [9.17, 15) is 18.8 Å². The summed E-state index contributed by atoms with van der Waals surface area (Å²) in [5.74, 6) is -1.14. The molecule has 7 heteroatoms. The Kier molecular flexibility index (Phi) is 7.12. The Bertz CT molecular complexity index is 640. The first kappa shape index (κ1) is 19.9. The van der Waals surface area contributed by atoms with Gasteiger partial charge in [0.1, 0.15) is 11.9 Å². The maximum atomic E-state index is 13.0. The maximum Gasteiger partial charge on any atom is 0.251 e. The number of carbonyl (C=O) groups excluding carboxylic acids is 3. The van der Waals surface area contributed by atoms with Crippen molar-refractivity contribution in [3.05, 3.63) is 35.6 Å². The molecule has 1 aliphatic carbocycles. The maximum absolute atomic E-state index is 13.0. The van der Waals surface area contributed by atoms with Gasteiger partial charge in [0, 0.05) is 18.0 Å². The first-order chi connectivity index (χ1) is 12.3. The van der Waals surface area contributed by atoms with Gasteiger partial charge in [-0.2, -0.15) is 0 Å². The molecule has 0 aliphatic heterocycles. The van der Waals surface area contributed by atoms with Crippen LogP contribution in [0.3, 0.4) is 0 Å². The van der Waals surface area contributed by atoms with Crippen LogP contribution in [-0.2, 0) is 9.59 Å². The number of halogens is 1. The number of nitrogens with two attached hydrogens (primary N) is 1. The quantitative estimate of drug-likeness (QED) is 0.689. The largest absolute Gasteiger partial charge is 0.370 e. The number of hydrogen-bond donors (Lipinski definition) is 3. The van der Waals surface area contributed by atoms with Crippen molar-refractivity contribution in [2.24, 2.45) is 11.7 Å². The molecular weight excluding hydrogens is 337 g/mol. The molecule has 1 unspecified atom stereocenters. The van der Waals surface area contributed by atoms with Crippen LogP contribution in [0, 0.1) is 11.7 Å². The second-order valence-electron chi connectivity index (χ2n) is 7.00. The second-order valence-corrected chi connectivity index (χ2v) is 7.00. The first-order valence-corrected chi connectivity index (χ1v) is 9.00. The predicted octanol–water partition coefficient (Wildman–Crippen LogP) is 1.88. The molecule has 1 fully saturated rings. The molecule has 0 saturated heterocycles. The number of nitrogens with one attached hydrogen (secondary N) is 2. The zero-order chi connectivity index (χ0) is 19.1. The molecule has 2 rings (SSSR count). The Hall–Kier alpha value is -2.44. The van der Waals surface area contributed by atoms with Gasteiger partial charge in [-0.3, -0.25) is 14.4 Å². The number of benzene rings is 1. The van der Waals surface area contributed by atoms with Gasteiger partial charge < -0.3 is 16.4 Å². The molecule has 0 aromatic heterocycles. The monoisotopic (exact) mass is 363 g/mol. The van der Waals surface area contributed by atoms with Crippen LogP contribution in [0.4, 0.5) is 4.39 Å². The van der Waals surface area contributed by atoms with Crippen LogP contribution < -0.4 is 16.4 Å². The standard InChI is InChI=1S/C19H26FN3O3/c1-12-2-8-15(9-3-12)22-19(26)16(10-11-17(21)24)23-18(25)13-4-6-14(20)7-5-13/h4-7,12,15-16H,2-3,8-11H2,1H3,(H2,21,24)(H,22,26)(H,23,25). The van der Waals surface area contributed by atoms with Crippen molar-refractivity contribution in [3.8, 4) is 0 Å². The van der Waals surface area contributed by atoms with E-state index in [2.05, 4.69) is 17.6 Å². The lowest BCUT2D eigenvalue weighted by Gasteiger charge is -2.28. The summed E-state index contributed by atoms with van der Waals surface area (Å²) in [4.78, 5) is 36.0. The third-order valence-electron chi connectivity index (χ3n) is 4.77. The van der Waals surface area contributed by atoms with Crippen molar-refractivity contribution < 1.29 is 18.8 Å². The van der Waals surface area contributed by atoms with Crippen molar-refractivity contribution in [2.45, 2.75) is 57.5 Å². The Balaban J connectivity index is 1.99. The normalized spacial score (nSPS) is 20.8.